The summed E-state index contributed by atoms with van der Waals surface area (Å²) in [7, 11) is -4.19. The van der Waals surface area contributed by atoms with E-state index in [1.54, 1.807) is 6.07 Å². The minimum Gasteiger partial charge on any atom is -0.396 e. The maximum atomic E-state index is 14.2. The Morgan fingerprint density at radius 2 is 1.86 bits per heavy atom. The van der Waals surface area contributed by atoms with Gasteiger partial charge in [-0.1, -0.05) is 24.3 Å². The molecule has 154 valence electrons. The van der Waals surface area contributed by atoms with Crippen LogP contribution in [-0.4, -0.2) is 36.0 Å². The summed E-state index contributed by atoms with van der Waals surface area (Å²) in [5, 5.41) is 9.95. The van der Waals surface area contributed by atoms with E-state index >= 15 is 0 Å². The van der Waals surface area contributed by atoms with Crippen LogP contribution in [0.15, 0.2) is 52.2 Å². The maximum Gasteiger partial charge on any atom is 0.252 e. The summed E-state index contributed by atoms with van der Waals surface area (Å²) < 4.78 is 41.2. The molecule has 0 fully saturated rings. The van der Waals surface area contributed by atoms with Gasteiger partial charge in [0.05, 0.1) is 5.52 Å². The van der Waals surface area contributed by atoms with Gasteiger partial charge in [-0.2, -0.15) is 4.31 Å². The van der Waals surface area contributed by atoms with Crippen LogP contribution in [-0.2, 0) is 16.6 Å². The number of sulfonamides is 1. The van der Waals surface area contributed by atoms with Crippen molar-refractivity contribution in [2.75, 3.05) is 13.2 Å². The molecule has 0 unspecified atom stereocenters. The molecule has 2 N–H and O–H groups in total. The Morgan fingerprint density at radius 3 is 2.55 bits per heavy atom. The largest absolute Gasteiger partial charge is 0.396 e. The number of rotatable bonds is 7. The molecule has 0 aliphatic rings. The molecule has 0 saturated heterocycles. The molecule has 1 aromatic heterocycles. The second kappa shape index (κ2) is 8.44. The standard InChI is InChI=1S/C21H23FN2O4S/c1-14-8-9-16-12-17(21(26)23-20(16)15(14)2)13-24(10-5-11-25)29(27,28)19-7-4-3-6-18(19)22/h3-4,6-9,12,25H,5,10-11,13H2,1-2H3,(H,23,26). The summed E-state index contributed by atoms with van der Waals surface area (Å²) in [5.41, 5.74) is 2.54. The number of benzene rings is 2. The van der Waals surface area contributed by atoms with Crippen molar-refractivity contribution in [3.05, 3.63) is 75.3 Å². The lowest BCUT2D eigenvalue weighted by atomic mass is 10.0. The number of nitrogens with zero attached hydrogens (tertiary/aromatic N) is 1. The number of aryl methyl sites for hydroxylation is 2. The molecular weight excluding hydrogens is 395 g/mol. The molecule has 0 aliphatic carbocycles. The van der Waals surface area contributed by atoms with Crippen molar-refractivity contribution in [1.29, 1.82) is 0 Å². The summed E-state index contributed by atoms with van der Waals surface area (Å²) >= 11 is 0. The highest BCUT2D eigenvalue weighted by atomic mass is 32.2. The van der Waals surface area contributed by atoms with Gasteiger partial charge >= 0.3 is 0 Å². The van der Waals surface area contributed by atoms with Gasteiger partial charge in [0.25, 0.3) is 5.56 Å². The van der Waals surface area contributed by atoms with E-state index in [2.05, 4.69) is 4.98 Å². The van der Waals surface area contributed by atoms with Crippen molar-refractivity contribution in [2.24, 2.45) is 0 Å². The summed E-state index contributed by atoms with van der Waals surface area (Å²) in [6.45, 7) is 3.35. The van der Waals surface area contributed by atoms with Gasteiger partial charge in [-0.05, 0) is 55.0 Å². The van der Waals surface area contributed by atoms with E-state index in [0.29, 0.717) is 5.52 Å². The summed E-state index contributed by atoms with van der Waals surface area (Å²) in [6, 6.07) is 10.6. The van der Waals surface area contributed by atoms with Gasteiger partial charge in [-0.25, -0.2) is 12.8 Å². The van der Waals surface area contributed by atoms with Gasteiger partial charge in [-0.3, -0.25) is 4.79 Å². The Morgan fingerprint density at radius 1 is 1.14 bits per heavy atom. The molecule has 29 heavy (non-hydrogen) atoms. The van der Waals surface area contributed by atoms with Crippen molar-refractivity contribution in [2.45, 2.75) is 31.7 Å². The number of hydrogen-bond donors (Lipinski definition) is 2. The molecule has 2 aromatic carbocycles. The Hall–Kier alpha value is -2.55. The van der Waals surface area contributed by atoms with Crippen LogP contribution in [0.5, 0.6) is 0 Å². The zero-order valence-corrected chi connectivity index (χ0v) is 17.1. The summed E-state index contributed by atoms with van der Waals surface area (Å²) in [5.74, 6) is -0.861. The quantitative estimate of drug-likeness (QED) is 0.617. The monoisotopic (exact) mass is 418 g/mol. The second-order valence-electron chi connectivity index (χ2n) is 6.94. The SMILES string of the molecule is Cc1ccc2cc(CN(CCCO)S(=O)(=O)c3ccccc3F)c(=O)[nH]c2c1C. The van der Waals surface area contributed by atoms with Crippen LogP contribution in [0.3, 0.4) is 0 Å². The van der Waals surface area contributed by atoms with Gasteiger partial charge in [0.2, 0.25) is 10.0 Å². The van der Waals surface area contributed by atoms with Crippen LogP contribution < -0.4 is 5.56 Å². The molecule has 8 heteroatoms. The third-order valence-corrected chi connectivity index (χ3v) is 6.87. The number of aliphatic hydroxyl groups is 1. The number of halogens is 1. The van der Waals surface area contributed by atoms with E-state index < -0.39 is 26.3 Å². The number of H-pyrrole nitrogens is 1. The zero-order chi connectivity index (χ0) is 21.2. The number of hydrogen-bond acceptors (Lipinski definition) is 4. The average molecular weight is 418 g/mol. The zero-order valence-electron chi connectivity index (χ0n) is 16.3. The first-order chi connectivity index (χ1) is 13.8. The molecule has 6 nitrogen and oxygen atoms in total. The highest BCUT2D eigenvalue weighted by Crippen LogP contribution is 2.23. The lowest BCUT2D eigenvalue weighted by molar-refractivity contribution is 0.267. The van der Waals surface area contributed by atoms with Gasteiger partial charge in [0, 0.05) is 25.3 Å². The Labute approximate surface area is 168 Å². The van der Waals surface area contributed by atoms with E-state index in [-0.39, 0.29) is 31.7 Å². The van der Waals surface area contributed by atoms with E-state index in [0.717, 1.165) is 26.9 Å². The lowest BCUT2D eigenvalue weighted by Gasteiger charge is -2.22. The van der Waals surface area contributed by atoms with Crippen molar-refractivity contribution in [3.63, 3.8) is 0 Å². The van der Waals surface area contributed by atoms with Crippen molar-refractivity contribution < 1.29 is 17.9 Å². The molecule has 3 rings (SSSR count). The predicted molar refractivity (Wildman–Crippen MR) is 110 cm³/mol. The lowest BCUT2D eigenvalue weighted by Crippen LogP contribution is -2.34. The number of pyridine rings is 1. The first-order valence-electron chi connectivity index (χ1n) is 9.23. The fraction of sp³-hybridized carbons (Fsp3) is 0.286. The van der Waals surface area contributed by atoms with E-state index in [1.165, 1.54) is 18.2 Å². The maximum absolute atomic E-state index is 14.2. The first-order valence-corrected chi connectivity index (χ1v) is 10.7. The fourth-order valence-electron chi connectivity index (χ4n) is 3.20. The van der Waals surface area contributed by atoms with Gasteiger partial charge in [-0.15, -0.1) is 0 Å². The molecule has 0 bridgehead atoms. The van der Waals surface area contributed by atoms with E-state index in [4.69, 9.17) is 5.11 Å². The van der Waals surface area contributed by atoms with Crippen LogP contribution in [0, 0.1) is 19.7 Å². The molecule has 0 aliphatic heterocycles. The Bertz CT molecular complexity index is 1210. The van der Waals surface area contributed by atoms with Gasteiger partial charge in [0.15, 0.2) is 0 Å². The Kier molecular flexibility index (Phi) is 6.16. The average Bonchev–Trinajstić information content (AvgIpc) is 2.69. The number of fused-ring (bicyclic) bond motifs is 1. The highest BCUT2D eigenvalue weighted by molar-refractivity contribution is 7.89. The van der Waals surface area contributed by atoms with Crippen LogP contribution in [0.2, 0.25) is 0 Å². The summed E-state index contributed by atoms with van der Waals surface area (Å²) in [4.78, 5) is 15.0. The minimum atomic E-state index is -4.19. The third kappa shape index (κ3) is 4.24. The first kappa shape index (κ1) is 21.2. The number of nitrogens with one attached hydrogen (secondary N) is 1. The third-order valence-electron chi connectivity index (χ3n) is 4.99. The van der Waals surface area contributed by atoms with E-state index in [9.17, 15) is 17.6 Å². The molecule has 0 atom stereocenters. The second-order valence-corrected chi connectivity index (χ2v) is 8.85. The fourth-order valence-corrected chi connectivity index (χ4v) is 4.72. The molecule has 0 radical (unpaired) electrons. The summed E-state index contributed by atoms with van der Waals surface area (Å²) in [6.07, 6.45) is 0.164. The van der Waals surface area contributed by atoms with E-state index in [1.807, 2.05) is 26.0 Å². The normalized spacial score (nSPS) is 12.0. The van der Waals surface area contributed by atoms with Crippen molar-refractivity contribution in [3.8, 4) is 0 Å². The van der Waals surface area contributed by atoms with Crippen LogP contribution in [0.4, 0.5) is 4.39 Å². The number of aliphatic hydroxyl groups excluding tert-OH is 1. The molecule has 0 amide bonds. The van der Waals surface area contributed by atoms with Crippen molar-refractivity contribution in [1.82, 2.24) is 9.29 Å². The smallest absolute Gasteiger partial charge is 0.252 e. The number of aromatic amines is 1. The Balaban J connectivity index is 2.06. The van der Waals surface area contributed by atoms with Crippen LogP contribution >= 0.6 is 0 Å². The molecule has 0 saturated carbocycles. The van der Waals surface area contributed by atoms with Crippen LogP contribution in [0.25, 0.3) is 10.9 Å². The molecule has 0 spiro atoms. The topological polar surface area (TPSA) is 90.5 Å². The van der Waals surface area contributed by atoms with Gasteiger partial charge < -0.3 is 10.1 Å². The molecule has 3 aromatic rings. The molecule has 1 heterocycles. The highest BCUT2D eigenvalue weighted by Gasteiger charge is 2.28. The van der Waals surface area contributed by atoms with Crippen LogP contribution in [0.1, 0.15) is 23.1 Å². The molecular formula is C21H23FN2O4S. The number of aromatic nitrogens is 1. The predicted octanol–water partition coefficient (Wildman–Crippen LogP) is 2.86. The minimum absolute atomic E-state index is 0.0441. The van der Waals surface area contributed by atoms with Crippen molar-refractivity contribution >= 4 is 20.9 Å². The van der Waals surface area contributed by atoms with Gasteiger partial charge in [0.1, 0.15) is 10.7 Å².